The first-order valence-electron chi connectivity index (χ1n) is 8.40. The molecule has 0 N–H and O–H groups in total. The third-order valence-electron chi connectivity index (χ3n) is 4.40. The second kappa shape index (κ2) is 7.04. The Balaban J connectivity index is 2.37. The van der Waals surface area contributed by atoms with Crippen LogP contribution in [0.25, 0.3) is 27.8 Å². The van der Waals surface area contributed by atoms with Gasteiger partial charge in [-0.25, -0.2) is 4.74 Å². The lowest BCUT2D eigenvalue weighted by Gasteiger charge is -2.20. The summed E-state index contributed by atoms with van der Waals surface area (Å²) in [6.45, 7) is 5.05. The molecule has 0 spiro atoms. The minimum absolute atomic E-state index is 0.338. The van der Waals surface area contributed by atoms with E-state index in [1.165, 1.54) is 14.0 Å². The van der Waals surface area contributed by atoms with Crippen LogP contribution < -0.4 is 4.74 Å². The molecule has 6 nitrogen and oxygen atoms in total. The normalized spacial score (nSPS) is 11.9. The fourth-order valence-corrected chi connectivity index (χ4v) is 3.02. The van der Waals surface area contributed by atoms with E-state index < -0.39 is 5.97 Å². The van der Waals surface area contributed by atoms with Gasteiger partial charge in [0.15, 0.2) is 5.58 Å². The summed E-state index contributed by atoms with van der Waals surface area (Å²) in [5.41, 5.74) is 4.90. The number of aryl methyl sites for hydroxylation is 2. The number of benzene rings is 2. The summed E-state index contributed by atoms with van der Waals surface area (Å²) < 4.78 is 18.0. The fraction of sp³-hybridized carbons (Fsp3) is 0.238. The zero-order chi connectivity index (χ0) is 19.7. The predicted molar refractivity (Wildman–Crippen MR) is 102 cm³/mol. The maximum absolute atomic E-state index is 11.7. The number of rotatable bonds is 4. The largest absolute Gasteiger partial charge is 0.500 e. The van der Waals surface area contributed by atoms with E-state index in [0.717, 1.165) is 16.6 Å². The molecular formula is C21H20N2O4. The summed E-state index contributed by atoms with van der Waals surface area (Å²) in [6, 6.07) is 11.7. The van der Waals surface area contributed by atoms with Crippen molar-refractivity contribution in [2.24, 2.45) is 7.05 Å². The second-order valence-electron chi connectivity index (χ2n) is 6.27. The van der Waals surface area contributed by atoms with Crippen LogP contribution in [0.3, 0.4) is 0 Å². The molecule has 0 radical (unpaired) electrons. The van der Waals surface area contributed by atoms with Gasteiger partial charge in [0.2, 0.25) is 0 Å². The van der Waals surface area contributed by atoms with E-state index in [1.54, 1.807) is 24.8 Å². The van der Waals surface area contributed by atoms with Crippen LogP contribution in [-0.4, -0.2) is 17.8 Å². The molecule has 0 bridgehead atoms. The Bertz CT molecular complexity index is 1090. The zero-order valence-electron chi connectivity index (χ0n) is 15.9. The van der Waals surface area contributed by atoms with Crippen molar-refractivity contribution in [3.05, 3.63) is 47.2 Å². The molecule has 0 atom stereocenters. The summed E-state index contributed by atoms with van der Waals surface area (Å²) in [5, 5.41) is 9.64. The Morgan fingerprint density at radius 1 is 1.22 bits per heavy atom. The van der Waals surface area contributed by atoms with Gasteiger partial charge in [0, 0.05) is 19.5 Å². The van der Waals surface area contributed by atoms with Gasteiger partial charge in [-0.1, -0.05) is 29.8 Å². The lowest BCUT2D eigenvalue weighted by Crippen LogP contribution is -2.09. The summed E-state index contributed by atoms with van der Waals surface area (Å²) in [4.78, 5) is 11.7. The maximum atomic E-state index is 11.7. The molecule has 3 aromatic rings. The van der Waals surface area contributed by atoms with Crippen molar-refractivity contribution in [3.8, 4) is 22.9 Å². The lowest BCUT2D eigenvalue weighted by molar-refractivity contribution is -0.131. The molecule has 0 unspecified atom stereocenters. The smallest absolute Gasteiger partial charge is 0.308 e. The highest BCUT2D eigenvalue weighted by molar-refractivity contribution is 6.03. The number of nitrogens with zero attached hydrogens (tertiary/aromatic N) is 2. The molecule has 1 aromatic heterocycles. The van der Waals surface area contributed by atoms with Crippen molar-refractivity contribution in [3.63, 3.8) is 0 Å². The number of aromatic nitrogens is 1. The minimum atomic E-state index is -0.451. The molecule has 0 saturated heterocycles. The van der Waals surface area contributed by atoms with E-state index in [1.807, 2.05) is 31.2 Å². The van der Waals surface area contributed by atoms with Crippen LogP contribution in [0, 0.1) is 18.3 Å². The molecule has 0 aliphatic heterocycles. The standard InChI is InChI=1S/C21H20N2O4/c1-12-6-8-15(9-7-12)19-18(26-14(3)24)10-16(17(11-22)13(2)25-5)20-21(19)27-23(20)4/h6-10H,1-5H3. The van der Waals surface area contributed by atoms with E-state index in [9.17, 15) is 10.1 Å². The first-order chi connectivity index (χ1) is 12.9. The maximum Gasteiger partial charge on any atom is 0.308 e. The summed E-state index contributed by atoms with van der Waals surface area (Å²) in [6.07, 6.45) is 0. The third-order valence-corrected chi connectivity index (χ3v) is 4.40. The first-order valence-corrected chi connectivity index (χ1v) is 8.40. The molecule has 2 aromatic carbocycles. The number of hydrogen-bond acceptors (Lipinski definition) is 5. The Morgan fingerprint density at radius 2 is 1.89 bits per heavy atom. The third kappa shape index (κ3) is 3.20. The number of fused-ring (bicyclic) bond motifs is 1. The van der Waals surface area contributed by atoms with Crippen molar-refractivity contribution >= 4 is 22.6 Å². The van der Waals surface area contributed by atoms with Crippen molar-refractivity contribution in [1.82, 2.24) is 4.74 Å². The topological polar surface area (TPSA) is 77.4 Å². The summed E-state index contributed by atoms with van der Waals surface area (Å²) in [7, 11) is 3.26. The number of carbonyl (C=O) groups is 1. The van der Waals surface area contributed by atoms with Gasteiger partial charge < -0.3 is 14.0 Å². The van der Waals surface area contributed by atoms with Crippen LogP contribution in [0.15, 0.2) is 40.6 Å². The van der Waals surface area contributed by atoms with Gasteiger partial charge in [-0.05, 0) is 25.5 Å². The van der Waals surface area contributed by atoms with Crippen molar-refractivity contribution in [1.29, 1.82) is 5.26 Å². The van der Waals surface area contributed by atoms with E-state index in [4.69, 9.17) is 14.0 Å². The van der Waals surface area contributed by atoms with Gasteiger partial charge in [0.25, 0.3) is 0 Å². The number of esters is 1. The van der Waals surface area contributed by atoms with Crippen LogP contribution >= 0.6 is 0 Å². The number of allylic oxidation sites excluding steroid dienone is 2. The molecule has 1 heterocycles. The Labute approximate surface area is 157 Å². The Morgan fingerprint density at radius 3 is 2.41 bits per heavy atom. The molecule has 0 amide bonds. The quantitative estimate of drug-likeness (QED) is 0.293. The first kappa shape index (κ1) is 18.3. The van der Waals surface area contributed by atoms with E-state index in [0.29, 0.717) is 33.8 Å². The molecule has 0 fully saturated rings. The average molecular weight is 364 g/mol. The molecular weight excluding hydrogens is 344 g/mol. The van der Waals surface area contributed by atoms with Gasteiger partial charge in [0.1, 0.15) is 23.1 Å². The highest BCUT2D eigenvalue weighted by atomic mass is 16.5. The molecule has 27 heavy (non-hydrogen) atoms. The number of nitriles is 1. The Kier molecular flexibility index (Phi) is 4.78. The van der Waals surface area contributed by atoms with E-state index >= 15 is 0 Å². The fourth-order valence-electron chi connectivity index (χ4n) is 3.02. The second-order valence-corrected chi connectivity index (χ2v) is 6.27. The predicted octanol–water partition coefficient (Wildman–Crippen LogP) is 4.57. The monoisotopic (exact) mass is 364 g/mol. The van der Waals surface area contributed by atoms with Crippen molar-refractivity contribution in [2.45, 2.75) is 20.8 Å². The molecule has 0 aliphatic carbocycles. The highest BCUT2D eigenvalue weighted by Gasteiger charge is 2.26. The van der Waals surface area contributed by atoms with Gasteiger partial charge in [-0.2, -0.15) is 5.26 Å². The van der Waals surface area contributed by atoms with Crippen LogP contribution in [0.1, 0.15) is 25.0 Å². The number of carbonyl (C=O) groups excluding carboxylic acids is 1. The number of hydrogen-bond donors (Lipinski definition) is 0. The minimum Gasteiger partial charge on any atom is -0.500 e. The van der Waals surface area contributed by atoms with E-state index in [2.05, 4.69) is 6.07 Å². The molecule has 6 heteroatoms. The molecule has 0 aliphatic rings. The van der Waals surface area contributed by atoms with Crippen LogP contribution in [-0.2, 0) is 16.6 Å². The van der Waals surface area contributed by atoms with Gasteiger partial charge >= 0.3 is 5.97 Å². The lowest BCUT2D eigenvalue weighted by atomic mass is 9.96. The molecule has 0 saturated carbocycles. The molecule has 3 rings (SSSR count). The van der Waals surface area contributed by atoms with Crippen molar-refractivity contribution < 1.29 is 18.8 Å². The highest BCUT2D eigenvalue weighted by Crippen LogP contribution is 2.43. The summed E-state index contributed by atoms with van der Waals surface area (Å²) >= 11 is 0. The average Bonchev–Trinajstić information content (AvgIpc) is 2.61. The van der Waals surface area contributed by atoms with E-state index in [-0.39, 0.29) is 0 Å². The van der Waals surface area contributed by atoms with Gasteiger partial charge in [-0.3, -0.25) is 4.79 Å². The summed E-state index contributed by atoms with van der Waals surface area (Å²) in [5.74, 6) is 0.356. The number of methoxy groups -OCH3 is 1. The van der Waals surface area contributed by atoms with Gasteiger partial charge in [-0.15, -0.1) is 0 Å². The van der Waals surface area contributed by atoms with Crippen LogP contribution in [0.2, 0.25) is 0 Å². The Hall–Kier alpha value is -3.46. The SMILES string of the molecule is COC(C)=C(C#N)c1cc(OC(C)=O)c(-c2ccc(C)cc2)c2on(C)c12. The van der Waals surface area contributed by atoms with Crippen LogP contribution in [0.4, 0.5) is 0 Å². The molecule has 138 valence electrons. The van der Waals surface area contributed by atoms with Crippen LogP contribution in [0.5, 0.6) is 5.75 Å². The zero-order valence-corrected chi connectivity index (χ0v) is 15.9. The van der Waals surface area contributed by atoms with Gasteiger partial charge in [0.05, 0.1) is 18.2 Å². The van der Waals surface area contributed by atoms with Crippen molar-refractivity contribution in [2.75, 3.05) is 7.11 Å². The number of ether oxygens (including phenoxy) is 2.